The molecule has 4 rings (SSSR count). The highest BCUT2D eigenvalue weighted by molar-refractivity contribution is 6.30. The van der Waals surface area contributed by atoms with Crippen molar-refractivity contribution in [2.45, 2.75) is 19.9 Å². The fourth-order valence-electron chi connectivity index (χ4n) is 2.91. The molecule has 3 heterocycles. The first-order valence-electron chi connectivity index (χ1n) is 8.88. The highest BCUT2D eigenvalue weighted by atomic mass is 35.5. The van der Waals surface area contributed by atoms with E-state index in [9.17, 15) is 4.79 Å². The van der Waals surface area contributed by atoms with Crippen molar-refractivity contribution in [3.8, 4) is 17.1 Å². The van der Waals surface area contributed by atoms with Crippen molar-refractivity contribution in [1.82, 2.24) is 19.6 Å². The lowest BCUT2D eigenvalue weighted by Crippen LogP contribution is -2.16. The Morgan fingerprint density at radius 1 is 1.21 bits per heavy atom. The third kappa shape index (κ3) is 3.57. The molecule has 142 valence electrons. The summed E-state index contributed by atoms with van der Waals surface area (Å²) >= 11 is 6.13. The molecular formula is C20H18ClN5O2. The summed E-state index contributed by atoms with van der Waals surface area (Å²) in [5.74, 6) is 0.901. The van der Waals surface area contributed by atoms with Gasteiger partial charge >= 0.3 is 0 Å². The number of aromatic nitrogens is 4. The summed E-state index contributed by atoms with van der Waals surface area (Å²) in [6, 6.07) is 14.3. The second kappa shape index (κ2) is 7.74. The zero-order valence-electron chi connectivity index (χ0n) is 15.2. The van der Waals surface area contributed by atoms with Gasteiger partial charge < -0.3 is 9.73 Å². The van der Waals surface area contributed by atoms with E-state index in [2.05, 4.69) is 22.4 Å². The van der Waals surface area contributed by atoms with E-state index in [0.29, 0.717) is 22.3 Å². The Morgan fingerprint density at radius 2 is 2.11 bits per heavy atom. The molecule has 0 saturated heterocycles. The van der Waals surface area contributed by atoms with E-state index in [1.54, 1.807) is 52.2 Å². The number of aryl methyl sites for hydroxylation is 1. The molecule has 7 nitrogen and oxygen atoms in total. The third-order valence-electron chi connectivity index (χ3n) is 4.16. The number of hydrogen-bond acceptors (Lipinski definition) is 4. The summed E-state index contributed by atoms with van der Waals surface area (Å²) in [5.41, 5.74) is 1.64. The largest absolute Gasteiger partial charge is 0.463 e. The van der Waals surface area contributed by atoms with Crippen LogP contribution >= 0.6 is 11.6 Å². The molecule has 0 unspecified atom stereocenters. The lowest BCUT2D eigenvalue weighted by Gasteiger charge is -2.07. The number of anilines is 1. The summed E-state index contributed by atoms with van der Waals surface area (Å²) in [5, 5.41) is 12.2. The molecule has 3 aromatic heterocycles. The highest BCUT2D eigenvalue weighted by Gasteiger charge is 2.19. The minimum absolute atomic E-state index is 0.260. The minimum Gasteiger partial charge on any atom is -0.463 e. The van der Waals surface area contributed by atoms with E-state index in [-0.39, 0.29) is 11.6 Å². The molecule has 1 N–H and O–H groups in total. The molecule has 8 heteroatoms. The molecule has 0 radical (unpaired) electrons. The van der Waals surface area contributed by atoms with Gasteiger partial charge in [0.2, 0.25) is 0 Å². The highest BCUT2D eigenvalue weighted by Crippen LogP contribution is 2.26. The summed E-state index contributed by atoms with van der Waals surface area (Å²) in [7, 11) is 0. The third-order valence-corrected chi connectivity index (χ3v) is 4.40. The van der Waals surface area contributed by atoms with Crippen LogP contribution < -0.4 is 5.32 Å². The van der Waals surface area contributed by atoms with E-state index in [1.807, 2.05) is 18.2 Å². The number of benzene rings is 1. The molecule has 0 aliphatic carbocycles. The number of nitrogens with zero attached hydrogens (tertiary/aromatic N) is 4. The van der Waals surface area contributed by atoms with Crippen molar-refractivity contribution < 1.29 is 9.21 Å². The molecule has 0 aliphatic rings. The van der Waals surface area contributed by atoms with E-state index in [4.69, 9.17) is 16.0 Å². The van der Waals surface area contributed by atoms with Crippen LogP contribution in [0.1, 0.15) is 23.8 Å². The van der Waals surface area contributed by atoms with Gasteiger partial charge in [-0.25, -0.2) is 9.36 Å². The number of furan rings is 1. The Morgan fingerprint density at radius 3 is 2.86 bits per heavy atom. The van der Waals surface area contributed by atoms with Gasteiger partial charge in [0.25, 0.3) is 5.91 Å². The normalized spacial score (nSPS) is 10.9. The van der Waals surface area contributed by atoms with Crippen LogP contribution in [0.2, 0.25) is 5.02 Å². The molecule has 4 aromatic rings. The number of hydrogen-bond donors (Lipinski definition) is 1. The van der Waals surface area contributed by atoms with Crippen LogP contribution in [-0.4, -0.2) is 25.5 Å². The Bertz CT molecular complexity index is 1100. The summed E-state index contributed by atoms with van der Waals surface area (Å²) in [4.78, 5) is 12.8. The predicted molar refractivity (Wildman–Crippen MR) is 107 cm³/mol. The summed E-state index contributed by atoms with van der Waals surface area (Å²) < 4.78 is 8.91. The van der Waals surface area contributed by atoms with Crippen molar-refractivity contribution in [2.24, 2.45) is 0 Å². The Balaban J connectivity index is 1.71. The Labute approximate surface area is 166 Å². The Kier molecular flexibility index (Phi) is 4.99. The van der Waals surface area contributed by atoms with Gasteiger partial charge in [-0.15, -0.1) is 0 Å². The van der Waals surface area contributed by atoms with E-state index in [1.165, 1.54) is 0 Å². The molecule has 0 bridgehead atoms. The zero-order chi connectivity index (χ0) is 19.5. The maximum Gasteiger partial charge on any atom is 0.277 e. The van der Waals surface area contributed by atoms with E-state index < -0.39 is 0 Å². The summed E-state index contributed by atoms with van der Waals surface area (Å²) in [6.45, 7) is 2.77. The van der Waals surface area contributed by atoms with Gasteiger partial charge in [0.05, 0.1) is 18.1 Å². The topological polar surface area (TPSA) is 77.9 Å². The van der Waals surface area contributed by atoms with Crippen LogP contribution in [0.3, 0.4) is 0 Å². The number of carbonyl (C=O) groups is 1. The molecule has 0 atom stereocenters. The lowest BCUT2D eigenvalue weighted by molar-refractivity contribution is 0.102. The molecule has 1 amide bonds. The molecular weight excluding hydrogens is 378 g/mol. The number of carbonyl (C=O) groups excluding carboxylic acids is 1. The van der Waals surface area contributed by atoms with Crippen LogP contribution in [0, 0.1) is 0 Å². The van der Waals surface area contributed by atoms with E-state index in [0.717, 1.165) is 18.7 Å². The SMILES string of the molecule is CCCn1nccc1NC(=O)c1cc(-c2ccco2)n(-c2cccc(Cl)c2)n1. The molecule has 28 heavy (non-hydrogen) atoms. The van der Waals surface area contributed by atoms with Gasteiger partial charge in [0, 0.05) is 23.7 Å². The molecule has 0 fully saturated rings. The van der Waals surface area contributed by atoms with Crippen LogP contribution in [0.4, 0.5) is 5.82 Å². The van der Waals surface area contributed by atoms with Crippen LogP contribution in [0.25, 0.3) is 17.1 Å². The quantitative estimate of drug-likeness (QED) is 0.515. The summed E-state index contributed by atoms with van der Waals surface area (Å²) in [6.07, 6.45) is 4.15. The maximum atomic E-state index is 12.8. The number of rotatable bonds is 6. The monoisotopic (exact) mass is 395 g/mol. The van der Waals surface area contributed by atoms with Crippen LogP contribution in [-0.2, 0) is 6.54 Å². The molecule has 0 spiro atoms. The van der Waals surface area contributed by atoms with Crippen LogP contribution in [0.15, 0.2) is 65.4 Å². The maximum absolute atomic E-state index is 12.8. The minimum atomic E-state index is -0.327. The van der Waals surface area contributed by atoms with Crippen molar-refractivity contribution in [3.63, 3.8) is 0 Å². The fraction of sp³-hybridized carbons (Fsp3) is 0.150. The van der Waals surface area contributed by atoms with Crippen molar-refractivity contribution in [3.05, 3.63) is 71.7 Å². The van der Waals surface area contributed by atoms with Gasteiger partial charge in [-0.05, 0) is 36.8 Å². The van der Waals surface area contributed by atoms with E-state index >= 15 is 0 Å². The lowest BCUT2D eigenvalue weighted by atomic mass is 10.2. The first-order chi connectivity index (χ1) is 13.7. The molecule has 0 saturated carbocycles. The standard InChI is InChI=1S/C20H18ClN5O2/c1-2-10-25-19(8-9-22-25)23-20(27)16-13-17(18-7-4-11-28-18)26(24-16)15-6-3-5-14(21)12-15/h3-9,11-13H,2,10H2,1H3,(H,23,27). The average molecular weight is 396 g/mol. The second-order valence-corrected chi connectivity index (χ2v) is 6.61. The van der Waals surface area contributed by atoms with Gasteiger partial charge in [0.1, 0.15) is 11.5 Å². The molecule has 0 aliphatic heterocycles. The van der Waals surface area contributed by atoms with Gasteiger partial charge in [0.15, 0.2) is 11.5 Å². The van der Waals surface area contributed by atoms with Crippen molar-refractivity contribution in [2.75, 3.05) is 5.32 Å². The zero-order valence-corrected chi connectivity index (χ0v) is 15.9. The average Bonchev–Trinajstić information content (AvgIpc) is 3.43. The molecule has 1 aromatic carbocycles. The first kappa shape index (κ1) is 18.1. The fourth-order valence-corrected chi connectivity index (χ4v) is 3.09. The first-order valence-corrected chi connectivity index (χ1v) is 9.26. The van der Waals surface area contributed by atoms with Crippen molar-refractivity contribution in [1.29, 1.82) is 0 Å². The Hall–Kier alpha value is -3.32. The second-order valence-electron chi connectivity index (χ2n) is 6.18. The number of nitrogens with one attached hydrogen (secondary N) is 1. The van der Waals surface area contributed by atoms with Crippen LogP contribution in [0.5, 0.6) is 0 Å². The van der Waals surface area contributed by atoms with Crippen molar-refractivity contribution >= 4 is 23.3 Å². The number of halogens is 1. The van der Waals surface area contributed by atoms with Gasteiger partial charge in [-0.2, -0.15) is 10.2 Å². The van der Waals surface area contributed by atoms with Gasteiger partial charge in [-0.1, -0.05) is 24.6 Å². The predicted octanol–water partition coefficient (Wildman–Crippen LogP) is 4.64. The number of amides is 1. The smallest absolute Gasteiger partial charge is 0.277 e. The van der Waals surface area contributed by atoms with Gasteiger partial charge in [-0.3, -0.25) is 4.79 Å².